The molecular formula is C16H26N2O3. The third-order valence-electron chi connectivity index (χ3n) is 5.38. The summed E-state index contributed by atoms with van der Waals surface area (Å²) < 4.78 is 0. The van der Waals surface area contributed by atoms with Gasteiger partial charge in [-0.05, 0) is 32.1 Å². The van der Waals surface area contributed by atoms with E-state index in [9.17, 15) is 14.7 Å². The fourth-order valence-electron chi connectivity index (χ4n) is 4.09. The quantitative estimate of drug-likeness (QED) is 0.853. The standard InChI is InChI=1S/C16H26N2O3/c19-14-4-3-9-18(14)13-5-10-17(11-6-13)15(20)12-16(21)7-1-2-8-16/h13,21H,1-12H2. The second-order valence-corrected chi connectivity index (χ2v) is 6.91. The third kappa shape index (κ3) is 3.23. The number of hydrogen-bond donors (Lipinski definition) is 1. The summed E-state index contributed by atoms with van der Waals surface area (Å²) in [4.78, 5) is 28.0. The molecule has 1 saturated carbocycles. The number of nitrogens with zero attached hydrogens (tertiary/aromatic N) is 2. The van der Waals surface area contributed by atoms with Gasteiger partial charge in [-0.1, -0.05) is 12.8 Å². The first-order valence-electron chi connectivity index (χ1n) is 8.37. The minimum atomic E-state index is -0.751. The van der Waals surface area contributed by atoms with Gasteiger partial charge in [0.1, 0.15) is 0 Å². The number of carbonyl (C=O) groups is 2. The fraction of sp³-hybridized carbons (Fsp3) is 0.875. The van der Waals surface area contributed by atoms with Crippen molar-refractivity contribution >= 4 is 11.8 Å². The average Bonchev–Trinajstić information content (AvgIpc) is 3.08. The smallest absolute Gasteiger partial charge is 0.225 e. The maximum atomic E-state index is 12.3. The number of carbonyl (C=O) groups excluding carboxylic acids is 2. The molecule has 21 heavy (non-hydrogen) atoms. The predicted molar refractivity (Wildman–Crippen MR) is 78.6 cm³/mol. The van der Waals surface area contributed by atoms with Gasteiger partial charge in [0.05, 0.1) is 12.0 Å². The summed E-state index contributed by atoms with van der Waals surface area (Å²) in [5, 5.41) is 10.4. The lowest BCUT2D eigenvalue weighted by Gasteiger charge is -2.37. The summed E-state index contributed by atoms with van der Waals surface area (Å²) in [7, 11) is 0. The number of aliphatic hydroxyl groups is 1. The van der Waals surface area contributed by atoms with Gasteiger partial charge >= 0.3 is 0 Å². The number of rotatable bonds is 3. The van der Waals surface area contributed by atoms with Crippen molar-refractivity contribution in [3.05, 3.63) is 0 Å². The van der Waals surface area contributed by atoms with Gasteiger partial charge in [-0.3, -0.25) is 9.59 Å². The molecule has 0 unspecified atom stereocenters. The van der Waals surface area contributed by atoms with Crippen LogP contribution in [0, 0.1) is 0 Å². The van der Waals surface area contributed by atoms with Crippen molar-refractivity contribution in [3.8, 4) is 0 Å². The van der Waals surface area contributed by atoms with E-state index in [1.165, 1.54) is 0 Å². The van der Waals surface area contributed by atoms with Crippen LogP contribution in [-0.2, 0) is 9.59 Å². The largest absolute Gasteiger partial charge is 0.389 e. The molecule has 0 atom stereocenters. The molecule has 2 amide bonds. The monoisotopic (exact) mass is 294 g/mol. The number of amides is 2. The minimum Gasteiger partial charge on any atom is -0.389 e. The molecule has 0 radical (unpaired) electrons. The van der Waals surface area contributed by atoms with Gasteiger partial charge in [-0.15, -0.1) is 0 Å². The highest BCUT2D eigenvalue weighted by molar-refractivity contribution is 5.79. The molecule has 5 heteroatoms. The average molecular weight is 294 g/mol. The molecule has 0 aromatic carbocycles. The van der Waals surface area contributed by atoms with E-state index in [1.54, 1.807) is 0 Å². The van der Waals surface area contributed by atoms with Crippen LogP contribution < -0.4 is 0 Å². The first-order chi connectivity index (χ1) is 10.1. The molecule has 2 saturated heterocycles. The summed E-state index contributed by atoms with van der Waals surface area (Å²) in [5.41, 5.74) is -0.751. The maximum Gasteiger partial charge on any atom is 0.225 e. The Labute approximate surface area is 126 Å². The minimum absolute atomic E-state index is 0.0885. The molecule has 0 bridgehead atoms. The zero-order valence-corrected chi connectivity index (χ0v) is 12.7. The highest BCUT2D eigenvalue weighted by Gasteiger charge is 2.37. The molecule has 2 aliphatic heterocycles. The van der Waals surface area contributed by atoms with Crippen molar-refractivity contribution < 1.29 is 14.7 Å². The molecule has 118 valence electrons. The molecule has 0 spiro atoms. The van der Waals surface area contributed by atoms with E-state index in [4.69, 9.17) is 0 Å². The van der Waals surface area contributed by atoms with E-state index in [0.717, 1.165) is 64.6 Å². The van der Waals surface area contributed by atoms with Crippen LogP contribution in [0.4, 0.5) is 0 Å². The Morgan fingerprint density at radius 3 is 2.38 bits per heavy atom. The Bertz CT molecular complexity index is 410. The summed E-state index contributed by atoms with van der Waals surface area (Å²) >= 11 is 0. The number of hydrogen-bond acceptors (Lipinski definition) is 3. The van der Waals surface area contributed by atoms with Gasteiger partial charge in [0.15, 0.2) is 0 Å². The van der Waals surface area contributed by atoms with E-state index in [0.29, 0.717) is 12.5 Å². The molecule has 5 nitrogen and oxygen atoms in total. The Morgan fingerprint density at radius 2 is 1.81 bits per heavy atom. The Hall–Kier alpha value is -1.10. The molecule has 2 heterocycles. The lowest BCUT2D eigenvalue weighted by molar-refractivity contribution is -0.138. The highest BCUT2D eigenvalue weighted by Crippen LogP contribution is 2.33. The van der Waals surface area contributed by atoms with Crippen LogP contribution >= 0.6 is 0 Å². The second kappa shape index (κ2) is 5.95. The first-order valence-corrected chi connectivity index (χ1v) is 8.37. The summed E-state index contributed by atoms with van der Waals surface area (Å²) in [6, 6.07) is 0.318. The molecule has 0 aromatic heterocycles. The Morgan fingerprint density at radius 1 is 1.14 bits per heavy atom. The topological polar surface area (TPSA) is 60.9 Å². The van der Waals surface area contributed by atoms with Crippen LogP contribution in [0.1, 0.15) is 57.8 Å². The van der Waals surface area contributed by atoms with Crippen molar-refractivity contribution in [2.75, 3.05) is 19.6 Å². The van der Waals surface area contributed by atoms with Crippen LogP contribution in [0.15, 0.2) is 0 Å². The first kappa shape index (κ1) is 14.8. The molecule has 1 aliphatic carbocycles. The van der Waals surface area contributed by atoms with Gasteiger partial charge < -0.3 is 14.9 Å². The van der Waals surface area contributed by atoms with Crippen LogP contribution in [0.5, 0.6) is 0 Å². The van der Waals surface area contributed by atoms with Crippen LogP contribution in [-0.4, -0.2) is 58.0 Å². The van der Waals surface area contributed by atoms with E-state index in [-0.39, 0.29) is 18.2 Å². The lowest BCUT2D eigenvalue weighted by atomic mass is 9.96. The second-order valence-electron chi connectivity index (χ2n) is 6.91. The lowest BCUT2D eigenvalue weighted by Crippen LogP contribution is -2.48. The maximum absolute atomic E-state index is 12.3. The van der Waals surface area contributed by atoms with E-state index in [2.05, 4.69) is 0 Å². The van der Waals surface area contributed by atoms with E-state index in [1.807, 2.05) is 9.80 Å². The molecule has 1 N–H and O–H groups in total. The summed E-state index contributed by atoms with van der Waals surface area (Å²) in [5.74, 6) is 0.366. The van der Waals surface area contributed by atoms with Gasteiger partial charge in [-0.25, -0.2) is 0 Å². The highest BCUT2D eigenvalue weighted by atomic mass is 16.3. The van der Waals surface area contributed by atoms with E-state index >= 15 is 0 Å². The molecule has 3 aliphatic rings. The molecule has 0 aromatic rings. The van der Waals surface area contributed by atoms with Gasteiger partial charge in [0.25, 0.3) is 0 Å². The molecule has 3 fully saturated rings. The Balaban J connectivity index is 1.49. The van der Waals surface area contributed by atoms with Crippen molar-refractivity contribution in [2.45, 2.75) is 69.4 Å². The van der Waals surface area contributed by atoms with Crippen molar-refractivity contribution in [2.24, 2.45) is 0 Å². The van der Waals surface area contributed by atoms with Crippen molar-refractivity contribution in [3.63, 3.8) is 0 Å². The zero-order chi connectivity index (χ0) is 14.9. The van der Waals surface area contributed by atoms with E-state index < -0.39 is 5.60 Å². The summed E-state index contributed by atoms with van der Waals surface area (Å²) in [6.45, 7) is 2.34. The van der Waals surface area contributed by atoms with Gasteiger partial charge in [0.2, 0.25) is 11.8 Å². The van der Waals surface area contributed by atoms with Crippen LogP contribution in [0.3, 0.4) is 0 Å². The Kier molecular flexibility index (Phi) is 4.20. The number of likely N-dealkylation sites (tertiary alicyclic amines) is 2. The normalized spacial score (nSPS) is 26.6. The van der Waals surface area contributed by atoms with Gasteiger partial charge in [0, 0.05) is 32.1 Å². The summed E-state index contributed by atoms with van der Waals surface area (Å²) in [6.07, 6.45) is 7.30. The predicted octanol–water partition coefficient (Wildman–Crippen LogP) is 1.29. The van der Waals surface area contributed by atoms with Gasteiger partial charge in [-0.2, -0.15) is 0 Å². The van der Waals surface area contributed by atoms with Crippen molar-refractivity contribution in [1.82, 2.24) is 9.80 Å². The SMILES string of the molecule is O=C(CC1(O)CCCC1)N1CCC(N2CCCC2=O)CC1. The fourth-order valence-corrected chi connectivity index (χ4v) is 4.09. The number of piperidine rings is 1. The molecular weight excluding hydrogens is 268 g/mol. The van der Waals surface area contributed by atoms with Crippen LogP contribution in [0.25, 0.3) is 0 Å². The third-order valence-corrected chi connectivity index (χ3v) is 5.38. The zero-order valence-electron chi connectivity index (χ0n) is 12.7. The van der Waals surface area contributed by atoms with Crippen molar-refractivity contribution in [1.29, 1.82) is 0 Å². The van der Waals surface area contributed by atoms with Crippen LogP contribution in [0.2, 0.25) is 0 Å². The molecule has 3 rings (SSSR count).